The highest BCUT2D eigenvalue weighted by Crippen LogP contribution is 2.34. The van der Waals surface area contributed by atoms with E-state index in [4.69, 9.17) is 11.6 Å². The zero-order valence-corrected chi connectivity index (χ0v) is 24.6. The van der Waals surface area contributed by atoms with Crippen molar-refractivity contribution in [2.75, 3.05) is 18.4 Å². The van der Waals surface area contributed by atoms with E-state index in [0.29, 0.717) is 22.4 Å². The standard InChI is InChI=1S/C26H25ClF3IN4O7/c27-14-8-17(23(39)18(31)9-14)19(11-22(37)38)35-21(36)12-33-24(40)13-6-15(34-20-4-2-1-3-5-32-20)10-16(7-13)42-25(41)26(28,29)30/h6-10,19,39H,1-5,11-12H2,(H,32,34)(H,33,40)(H,35,36)(H,37,38)/t19-/m1/s1. The van der Waals surface area contributed by atoms with Gasteiger partial charge in [0.05, 0.1) is 22.6 Å². The monoisotopic (exact) mass is 724 g/mol. The van der Waals surface area contributed by atoms with Crippen LogP contribution in [0.2, 0.25) is 5.02 Å². The lowest BCUT2D eigenvalue weighted by Crippen LogP contribution is -2.39. The number of hydrogen-bond donors (Lipinski definition) is 5. The summed E-state index contributed by atoms with van der Waals surface area (Å²) < 4.78 is 43.2. The van der Waals surface area contributed by atoms with Crippen LogP contribution in [0.5, 0.6) is 11.5 Å². The molecule has 0 saturated carbocycles. The minimum absolute atomic E-state index is 0.0466. The third-order valence-electron chi connectivity index (χ3n) is 5.83. The number of ether oxygens (including phenoxy) is 1. The van der Waals surface area contributed by atoms with Gasteiger partial charge in [0, 0.05) is 40.9 Å². The van der Waals surface area contributed by atoms with Crippen LogP contribution in [0, 0.1) is 3.57 Å². The second-order valence-electron chi connectivity index (χ2n) is 9.12. The van der Waals surface area contributed by atoms with Gasteiger partial charge < -0.3 is 30.9 Å². The summed E-state index contributed by atoms with van der Waals surface area (Å²) in [6.45, 7) is -0.127. The average molecular weight is 725 g/mol. The lowest BCUT2D eigenvalue weighted by molar-refractivity contribution is -0.189. The maximum absolute atomic E-state index is 12.9. The van der Waals surface area contributed by atoms with Crippen LogP contribution in [0.15, 0.2) is 35.3 Å². The highest BCUT2D eigenvalue weighted by Gasteiger charge is 2.41. The van der Waals surface area contributed by atoms with Gasteiger partial charge in [-0.15, -0.1) is 0 Å². The summed E-state index contributed by atoms with van der Waals surface area (Å²) in [5.41, 5.74) is -0.0632. The number of phenolic OH excluding ortho intramolecular Hbond substituents is 1. The summed E-state index contributed by atoms with van der Waals surface area (Å²) in [5, 5.41) is 27.5. The van der Waals surface area contributed by atoms with Gasteiger partial charge in [0.2, 0.25) is 5.91 Å². The molecule has 0 aliphatic carbocycles. The lowest BCUT2D eigenvalue weighted by atomic mass is 10.0. The normalized spacial score (nSPS) is 14.2. The van der Waals surface area contributed by atoms with Gasteiger partial charge in [-0.3, -0.25) is 19.4 Å². The summed E-state index contributed by atoms with van der Waals surface area (Å²) in [7, 11) is 0. The summed E-state index contributed by atoms with van der Waals surface area (Å²) in [4.78, 5) is 52.7. The van der Waals surface area contributed by atoms with Crippen molar-refractivity contribution in [3.8, 4) is 11.5 Å². The van der Waals surface area contributed by atoms with Gasteiger partial charge in [0.15, 0.2) is 0 Å². The Hall–Kier alpha value is -3.60. The number of amides is 2. The molecule has 0 bridgehead atoms. The van der Waals surface area contributed by atoms with Crippen molar-refractivity contribution in [3.63, 3.8) is 0 Å². The van der Waals surface area contributed by atoms with E-state index in [2.05, 4.69) is 25.7 Å². The zero-order valence-electron chi connectivity index (χ0n) is 21.7. The van der Waals surface area contributed by atoms with Crippen LogP contribution in [0.4, 0.5) is 18.9 Å². The maximum Gasteiger partial charge on any atom is 0.491 e. The molecule has 2 amide bonds. The Balaban J connectivity index is 1.78. The van der Waals surface area contributed by atoms with Crippen LogP contribution in [0.3, 0.4) is 0 Å². The first kappa shape index (κ1) is 32.9. The number of rotatable bonds is 9. The number of aliphatic carboxylic acids is 1. The fourth-order valence-electron chi connectivity index (χ4n) is 3.94. The van der Waals surface area contributed by atoms with Gasteiger partial charge in [-0.05, 0) is 59.7 Å². The van der Waals surface area contributed by atoms with Crippen molar-refractivity contribution in [2.24, 2.45) is 4.99 Å². The zero-order chi connectivity index (χ0) is 31.0. The van der Waals surface area contributed by atoms with Crippen LogP contribution >= 0.6 is 34.2 Å². The number of carbonyl (C=O) groups is 4. The Kier molecular flexibility index (Phi) is 11.4. The third kappa shape index (κ3) is 9.75. The van der Waals surface area contributed by atoms with Crippen LogP contribution in [0.25, 0.3) is 0 Å². The molecule has 2 aromatic rings. The number of nitrogens with zero attached hydrogens (tertiary/aromatic N) is 1. The number of hydrogen-bond acceptors (Lipinski definition) is 8. The highest BCUT2D eigenvalue weighted by atomic mass is 127. The first-order valence-corrected chi connectivity index (χ1v) is 13.9. The molecule has 0 spiro atoms. The van der Waals surface area contributed by atoms with E-state index >= 15 is 0 Å². The smallest absolute Gasteiger partial charge is 0.491 e. The predicted octanol–water partition coefficient (Wildman–Crippen LogP) is 4.56. The molecule has 0 aromatic heterocycles. The number of alkyl halides is 3. The van der Waals surface area contributed by atoms with Gasteiger partial charge in [-0.25, -0.2) is 4.79 Å². The van der Waals surface area contributed by atoms with E-state index in [9.17, 15) is 42.6 Å². The molecule has 11 nitrogen and oxygen atoms in total. The van der Waals surface area contributed by atoms with Crippen LogP contribution < -0.4 is 20.7 Å². The predicted molar refractivity (Wildman–Crippen MR) is 154 cm³/mol. The fourth-order valence-corrected chi connectivity index (χ4v) is 5.00. The molecule has 1 heterocycles. The number of aromatic hydroxyl groups is 1. The van der Waals surface area contributed by atoms with Crippen molar-refractivity contribution in [2.45, 2.75) is 44.3 Å². The molecule has 1 aliphatic rings. The van der Waals surface area contributed by atoms with Gasteiger partial charge in [0.1, 0.15) is 17.3 Å². The second kappa shape index (κ2) is 14.5. The van der Waals surface area contributed by atoms with Crippen LogP contribution in [-0.4, -0.2) is 59.1 Å². The first-order chi connectivity index (χ1) is 19.7. The Bertz CT molecular complexity index is 1400. The largest absolute Gasteiger partial charge is 0.506 e. The molecule has 0 fully saturated rings. The number of carboxylic acids is 1. The van der Waals surface area contributed by atoms with Crippen molar-refractivity contribution >= 4 is 69.5 Å². The first-order valence-electron chi connectivity index (χ1n) is 12.4. The van der Waals surface area contributed by atoms with E-state index in [1.165, 1.54) is 18.2 Å². The van der Waals surface area contributed by atoms with E-state index < -0.39 is 54.7 Å². The van der Waals surface area contributed by atoms with Gasteiger partial charge in [-0.2, -0.15) is 13.2 Å². The number of anilines is 1. The number of nitrogens with one attached hydrogen (secondary N) is 3. The molecule has 2 aromatic carbocycles. The lowest BCUT2D eigenvalue weighted by Gasteiger charge is -2.20. The molecule has 3 rings (SSSR count). The minimum atomic E-state index is -5.28. The number of carbonyl (C=O) groups excluding carboxylic acids is 3. The highest BCUT2D eigenvalue weighted by molar-refractivity contribution is 14.1. The fraction of sp³-hybridized carbons (Fsp3) is 0.346. The molecule has 1 aliphatic heterocycles. The Morgan fingerprint density at radius 2 is 1.83 bits per heavy atom. The van der Waals surface area contributed by atoms with Gasteiger partial charge in [0.25, 0.3) is 5.91 Å². The van der Waals surface area contributed by atoms with Gasteiger partial charge >= 0.3 is 18.1 Å². The maximum atomic E-state index is 12.9. The minimum Gasteiger partial charge on any atom is -0.506 e. The van der Waals surface area contributed by atoms with Gasteiger partial charge in [-0.1, -0.05) is 18.0 Å². The van der Waals surface area contributed by atoms with E-state index in [1.54, 1.807) is 22.6 Å². The van der Waals surface area contributed by atoms with Crippen LogP contribution in [0.1, 0.15) is 54.1 Å². The number of carboxylic acid groups (broad SMARTS) is 1. The Labute approximate surface area is 256 Å². The number of benzene rings is 2. The van der Waals surface area contributed by atoms with E-state index in [-0.39, 0.29) is 27.6 Å². The summed E-state index contributed by atoms with van der Waals surface area (Å²) in [6, 6.07) is 4.82. The topological polar surface area (TPSA) is 166 Å². The van der Waals surface area contributed by atoms with E-state index in [0.717, 1.165) is 31.4 Å². The second-order valence-corrected chi connectivity index (χ2v) is 10.7. The molecular formula is C26H25ClF3IN4O7. The summed E-state index contributed by atoms with van der Waals surface area (Å²) >= 11 is 7.81. The van der Waals surface area contributed by atoms with Crippen molar-refractivity contribution < 1.29 is 47.3 Å². The molecule has 226 valence electrons. The molecule has 0 radical (unpaired) electrons. The Morgan fingerprint density at radius 1 is 1.10 bits per heavy atom. The number of amidine groups is 1. The molecular weight excluding hydrogens is 700 g/mol. The average Bonchev–Trinajstić information content (AvgIpc) is 3.16. The molecule has 16 heteroatoms. The number of halogens is 5. The quantitative estimate of drug-likeness (QED) is 0.143. The molecule has 42 heavy (non-hydrogen) atoms. The van der Waals surface area contributed by atoms with Crippen molar-refractivity contribution in [3.05, 3.63) is 50.1 Å². The number of phenols is 1. The molecule has 0 unspecified atom stereocenters. The molecule has 0 saturated heterocycles. The third-order valence-corrected chi connectivity index (χ3v) is 6.87. The van der Waals surface area contributed by atoms with Crippen molar-refractivity contribution in [1.82, 2.24) is 10.6 Å². The summed E-state index contributed by atoms with van der Waals surface area (Å²) in [5.74, 6) is -5.83. The SMILES string of the molecule is O=C(O)C[C@@H](NC(=O)CNC(=O)c1cc(NC2=NCCCCC2)cc(OC(=O)C(F)(F)F)c1)c1cc(Cl)cc(I)c1O. The summed E-state index contributed by atoms with van der Waals surface area (Å²) in [6.07, 6.45) is -2.70. The molecule has 5 N–H and O–H groups in total. The Morgan fingerprint density at radius 3 is 2.52 bits per heavy atom. The van der Waals surface area contributed by atoms with Crippen molar-refractivity contribution in [1.29, 1.82) is 0 Å². The number of aliphatic imine (C=N–C) groups is 1. The van der Waals surface area contributed by atoms with E-state index in [1.807, 2.05) is 0 Å². The molecule has 1 atom stereocenters. The van der Waals surface area contributed by atoms with Crippen LogP contribution in [-0.2, 0) is 14.4 Å². The number of esters is 1.